The van der Waals surface area contributed by atoms with Gasteiger partial charge in [-0.05, 0) is 23.8 Å². The number of halogens is 1. The smallest absolute Gasteiger partial charge is 0.328 e. The minimum Gasteiger partial charge on any atom is -0.467 e. The topological polar surface area (TPSA) is 55.4 Å². The van der Waals surface area contributed by atoms with Crippen LogP contribution in [0.5, 0.6) is 0 Å². The molecule has 1 rings (SSSR count). The highest BCUT2D eigenvalue weighted by Crippen LogP contribution is 2.27. The first-order chi connectivity index (χ1) is 8.38. The molecule has 1 aromatic heterocycles. The lowest BCUT2D eigenvalue weighted by Gasteiger charge is -2.19. The van der Waals surface area contributed by atoms with Crippen molar-refractivity contribution in [1.29, 1.82) is 0 Å². The maximum Gasteiger partial charge on any atom is 0.328 e. The molecule has 1 heterocycles. The van der Waals surface area contributed by atoms with Gasteiger partial charge in [-0.1, -0.05) is 25.4 Å². The average Bonchev–Trinajstić information content (AvgIpc) is 2.65. The van der Waals surface area contributed by atoms with Crippen LogP contribution in [0, 0.1) is 12.8 Å². The highest BCUT2D eigenvalue weighted by molar-refractivity contribution is 7.13. The van der Waals surface area contributed by atoms with Crippen LogP contribution < -0.4 is 5.32 Å². The number of amides is 1. The number of carbonyl (C=O) groups is 2. The first-order valence-corrected chi connectivity index (χ1v) is 6.76. The third kappa shape index (κ3) is 3.23. The number of carbonyl (C=O) groups excluding carboxylic acids is 2. The molecule has 0 aliphatic carbocycles. The van der Waals surface area contributed by atoms with Crippen molar-refractivity contribution in [2.45, 2.75) is 26.8 Å². The van der Waals surface area contributed by atoms with Crippen LogP contribution in [0.4, 0.5) is 0 Å². The monoisotopic (exact) mass is 289 g/mol. The molecule has 1 N–H and O–H groups in total. The summed E-state index contributed by atoms with van der Waals surface area (Å²) in [6.45, 7) is 5.50. The predicted octanol–water partition coefficient (Wildman–Crippen LogP) is 2.64. The van der Waals surface area contributed by atoms with Crippen LogP contribution in [0.3, 0.4) is 0 Å². The standard InChI is InChI=1S/C12H16ClNO3S/c1-6(2)9(12(16)17-4)14-11(15)10-8(13)7(3)5-18-10/h5-6,9H,1-4H3,(H,14,15). The fraction of sp³-hybridized carbons (Fsp3) is 0.500. The summed E-state index contributed by atoms with van der Waals surface area (Å²) in [6, 6.07) is -0.666. The number of hydrogen-bond acceptors (Lipinski definition) is 4. The summed E-state index contributed by atoms with van der Waals surface area (Å²) in [5.41, 5.74) is 0.853. The normalized spacial score (nSPS) is 12.3. The Balaban J connectivity index is 2.85. The zero-order valence-corrected chi connectivity index (χ0v) is 12.3. The summed E-state index contributed by atoms with van der Waals surface area (Å²) >= 11 is 7.27. The van der Waals surface area contributed by atoms with E-state index in [0.29, 0.717) is 9.90 Å². The molecule has 100 valence electrons. The Hall–Kier alpha value is -1.07. The maximum atomic E-state index is 12.0. The number of thiophene rings is 1. The molecule has 0 radical (unpaired) electrons. The molecule has 0 bridgehead atoms. The lowest BCUT2D eigenvalue weighted by atomic mass is 10.0. The molecule has 1 amide bonds. The molecular weight excluding hydrogens is 274 g/mol. The van der Waals surface area contributed by atoms with Gasteiger partial charge in [0.1, 0.15) is 10.9 Å². The Morgan fingerprint density at radius 1 is 1.44 bits per heavy atom. The lowest BCUT2D eigenvalue weighted by Crippen LogP contribution is -2.44. The number of rotatable bonds is 4. The number of hydrogen-bond donors (Lipinski definition) is 1. The van der Waals surface area contributed by atoms with Crippen molar-refractivity contribution in [3.63, 3.8) is 0 Å². The van der Waals surface area contributed by atoms with Gasteiger partial charge in [-0.15, -0.1) is 11.3 Å². The Bertz CT molecular complexity index is 456. The van der Waals surface area contributed by atoms with Gasteiger partial charge in [0.05, 0.1) is 12.1 Å². The molecule has 0 fully saturated rings. The van der Waals surface area contributed by atoms with E-state index in [2.05, 4.69) is 10.1 Å². The number of esters is 1. The summed E-state index contributed by atoms with van der Waals surface area (Å²) in [6.07, 6.45) is 0. The van der Waals surface area contributed by atoms with Gasteiger partial charge in [0.25, 0.3) is 5.91 Å². The molecule has 1 unspecified atom stereocenters. The van der Waals surface area contributed by atoms with Gasteiger partial charge in [-0.2, -0.15) is 0 Å². The van der Waals surface area contributed by atoms with Gasteiger partial charge < -0.3 is 10.1 Å². The Morgan fingerprint density at radius 3 is 2.44 bits per heavy atom. The second kappa shape index (κ2) is 6.20. The summed E-state index contributed by atoms with van der Waals surface area (Å²) < 4.78 is 4.66. The number of methoxy groups -OCH3 is 1. The minimum absolute atomic E-state index is 0.0544. The summed E-state index contributed by atoms with van der Waals surface area (Å²) in [7, 11) is 1.30. The highest BCUT2D eigenvalue weighted by atomic mass is 35.5. The first kappa shape index (κ1) is 15.0. The predicted molar refractivity (Wildman–Crippen MR) is 72.2 cm³/mol. The summed E-state index contributed by atoms with van der Waals surface area (Å²) in [4.78, 5) is 24.0. The zero-order valence-electron chi connectivity index (χ0n) is 10.7. The van der Waals surface area contributed by atoms with E-state index in [1.54, 1.807) is 5.38 Å². The van der Waals surface area contributed by atoms with Crippen molar-refractivity contribution in [3.8, 4) is 0 Å². The van der Waals surface area contributed by atoms with Crippen molar-refractivity contribution >= 4 is 34.8 Å². The Morgan fingerprint density at radius 2 is 2.06 bits per heavy atom. The van der Waals surface area contributed by atoms with Gasteiger partial charge >= 0.3 is 5.97 Å². The number of ether oxygens (including phenoxy) is 1. The van der Waals surface area contributed by atoms with Gasteiger partial charge in [0, 0.05) is 0 Å². The quantitative estimate of drug-likeness (QED) is 0.867. The second-order valence-corrected chi connectivity index (χ2v) is 5.54. The molecule has 18 heavy (non-hydrogen) atoms. The first-order valence-electron chi connectivity index (χ1n) is 5.50. The van der Waals surface area contributed by atoms with Gasteiger partial charge in [0.2, 0.25) is 0 Å². The molecule has 0 spiro atoms. The van der Waals surface area contributed by atoms with E-state index >= 15 is 0 Å². The molecule has 0 saturated heterocycles. The zero-order chi connectivity index (χ0) is 13.9. The van der Waals surface area contributed by atoms with E-state index < -0.39 is 12.0 Å². The van der Waals surface area contributed by atoms with Gasteiger partial charge in [-0.25, -0.2) is 4.79 Å². The van der Waals surface area contributed by atoms with Crippen molar-refractivity contribution in [2.24, 2.45) is 5.92 Å². The Labute approximate surface area is 115 Å². The molecule has 6 heteroatoms. The SMILES string of the molecule is COC(=O)C(NC(=O)c1scc(C)c1Cl)C(C)C. The van der Waals surface area contributed by atoms with Crippen LogP contribution in [0.25, 0.3) is 0 Å². The molecule has 0 aliphatic heterocycles. The molecular formula is C12H16ClNO3S. The van der Waals surface area contributed by atoms with Crippen molar-refractivity contribution < 1.29 is 14.3 Å². The molecule has 0 aliphatic rings. The van der Waals surface area contributed by atoms with Gasteiger partial charge in [-0.3, -0.25) is 4.79 Å². The molecule has 0 aromatic carbocycles. The summed E-state index contributed by atoms with van der Waals surface area (Å²) in [5, 5.41) is 4.89. The van der Waals surface area contributed by atoms with Crippen molar-refractivity contribution in [1.82, 2.24) is 5.32 Å². The highest BCUT2D eigenvalue weighted by Gasteiger charge is 2.26. The molecule has 4 nitrogen and oxygen atoms in total. The van der Waals surface area contributed by atoms with Crippen molar-refractivity contribution in [3.05, 3.63) is 20.8 Å². The third-order valence-electron chi connectivity index (χ3n) is 2.51. The largest absolute Gasteiger partial charge is 0.467 e. The van der Waals surface area contributed by atoms with E-state index in [4.69, 9.17) is 11.6 Å². The van der Waals surface area contributed by atoms with Crippen LogP contribution in [-0.2, 0) is 9.53 Å². The average molecular weight is 290 g/mol. The van der Waals surface area contributed by atoms with E-state index in [0.717, 1.165) is 5.56 Å². The molecule has 0 saturated carbocycles. The van der Waals surface area contributed by atoms with Crippen LogP contribution in [0.2, 0.25) is 5.02 Å². The molecule has 1 aromatic rings. The van der Waals surface area contributed by atoms with Crippen LogP contribution >= 0.6 is 22.9 Å². The fourth-order valence-corrected chi connectivity index (χ4v) is 2.60. The second-order valence-electron chi connectivity index (χ2n) is 4.28. The summed E-state index contributed by atoms with van der Waals surface area (Å²) in [5.74, 6) is -0.855. The van der Waals surface area contributed by atoms with E-state index in [9.17, 15) is 9.59 Å². The number of nitrogens with one attached hydrogen (secondary N) is 1. The van der Waals surface area contributed by atoms with Crippen LogP contribution in [-0.4, -0.2) is 25.0 Å². The minimum atomic E-state index is -0.666. The molecule has 1 atom stereocenters. The van der Waals surface area contributed by atoms with Crippen LogP contribution in [0.15, 0.2) is 5.38 Å². The fourth-order valence-electron chi connectivity index (χ4n) is 1.41. The Kier molecular flexibility index (Phi) is 5.16. The van der Waals surface area contributed by atoms with E-state index in [1.165, 1.54) is 18.4 Å². The maximum absolute atomic E-state index is 12.0. The number of aryl methyl sites for hydroxylation is 1. The lowest BCUT2D eigenvalue weighted by molar-refractivity contribution is -0.144. The third-order valence-corrected chi connectivity index (χ3v) is 4.21. The van der Waals surface area contributed by atoms with E-state index in [-0.39, 0.29) is 11.8 Å². The van der Waals surface area contributed by atoms with Gasteiger partial charge in [0.15, 0.2) is 0 Å². The van der Waals surface area contributed by atoms with Crippen molar-refractivity contribution in [2.75, 3.05) is 7.11 Å². The van der Waals surface area contributed by atoms with Crippen LogP contribution in [0.1, 0.15) is 29.1 Å². The van der Waals surface area contributed by atoms with E-state index in [1.807, 2.05) is 20.8 Å².